The molecule has 108 valence electrons. The van der Waals surface area contributed by atoms with Crippen LogP contribution in [0, 0.1) is 0 Å². The van der Waals surface area contributed by atoms with Crippen molar-refractivity contribution in [3.8, 4) is 0 Å². The van der Waals surface area contributed by atoms with Gasteiger partial charge < -0.3 is 9.72 Å². The molecule has 0 spiro atoms. The average Bonchev–Trinajstić information content (AvgIpc) is 3.13. The van der Waals surface area contributed by atoms with Crippen LogP contribution < -0.4 is 5.32 Å². The second-order valence-corrected chi connectivity index (χ2v) is 4.74. The zero-order chi connectivity index (χ0) is 14.5. The van der Waals surface area contributed by atoms with Crippen LogP contribution in [0.1, 0.15) is 18.5 Å². The maximum Gasteiger partial charge on any atom is 0.220 e. The van der Waals surface area contributed by atoms with E-state index in [1.807, 2.05) is 35.0 Å². The van der Waals surface area contributed by atoms with Crippen LogP contribution in [-0.4, -0.2) is 30.1 Å². The van der Waals surface area contributed by atoms with Crippen LogP contribution in [0.5, 0.6) is 0 Å². The van der Waals surface area contributed by atoms with Gasteiger partial charge in [-0.15, -0.1) is 0 Å². The predicted octanol–water partition coefficient (Wildman–Crippen LogP) is 1.02. The Kier molecular flexibility index (Phi) is 3.90. The monoisotopic (exact) mass is 284 g/mol. The van der Waals surface area contributed by atoms with Gasteiger partial charge in [-0.05, 0) is 18.6 Å². The first-order valence-electron chi connectivity index (χ1n) is 6.83. The molecule has 0 unspecified atom stereocenters. The normalized spacial score (nSPS) is 10.9. The second-order valence-electron chi connectivity index (χ2n) is 4.74. The molecule has 3 aromatic rings. The Hall–Kier alpha value is -2.70. The third-order valence-corrected chi connectivity index (χ3v) is 3.14. The van der Waals surface area contributed by atoms with Gasteiger partial charge in [-0.3, -0.25) is 9.48 Å². The minimum Gasteiger partial charge on any atom is -0.350 e. The summed E-state index contributed by atoms with van der Waals surface area (Å²) in [5.74, 6) is 0.0205. The largest absolute Gasteiger partial charge is 0.350 e. The van der Waals surface area contributed by atoms with E-state index in [1.165, 1.54) is 6.33 Å². The van der Waals surface area contributed by atoms with Crippen molar-refractivity contribution in [1.82, 2.24) is 29.5 Å². The van der Waals surface area contributed by atoms with Crippen molar-refractivity contribution in [3.63, 3.8) is 0 Å². The fraction of sp³-hybridized carbons (Fsp3) is 0.286. The number of nitrogens with one attached hydrogen (secondary N) is 1. The lowest BCUT2D eigenvalue weighted by Crippen LogP contribution is -2.23. The number of imidazole rings is 1. The molecule has 0 aliphatic carbocycles. The Balaban J connectivity index is 1.44. The van der Waals surface area contributed by atoms with E-state index in [0.717, 1.165) is 17.8 Å². The Morgan fingerprint density at radius 2 is 2.29 bits per heavy atom. The molecule has 0 saturated carbocycles. The molecule has 3 heterocycles. The Morgan fingerprint density at radius 1 is 1.33 bits per heavy atom. The summed E-state index contributed by atoms with van der Waals surface area (Å²) in [7, 11) is 0. The van der Waals surface area contributed by atoms with Crippen molar-refractivity contribution < 1.29 is 4.79 Å². The van der Waals surface area contributed by atoms with Gasteiger partial charge in [0.2, 0.25) is 5.91 Å². The lowest BCUT2D eigenvalue weighted by molar-refractivity contribution is -0.121. The Bertz CT molecular complexity index is 685. The molecule has 1 amide bonds. The molecule has 0 fully saturated rings. The van der Waals surface area contributed by atoms with Crippen LogP contribution in [0.25, 0.3) is 5.65 Å². The van der Waals surface area contributed by atoms with E-state index >= 15 is 0 Å². The predicted molar refractivity (Wildman–Crippen MR) is 76.3 cm³/mol. The topological polar surface area (TPSA) is 77.1 Å². The van der Waals surface area contributed by atoms with Crippen LogP contribution >= 0.6 is 0 Å². The molecule has 7 nitrogen and oxygen atoms in total. The van der Waals surface area contributed by atoms with E-state index < -0.39 is 0 Å². The minimum atomic E-state index is 0.0205. The van der Waals surface area contributed by atoms with Crippen molar-refractivity contribution in [1.29, 1.82) is 0 Å². The Morgan fingerprint density at radius 3 is 3.10 bits per heavy atom. The molecule has 0 saturated heterocycles. The van der Waals surface area contributed by atoms with Crippen LogP contribution in [-0.2, 0) is 17.9 Å². The number of carbonyl (C=O) groups excluding carboxylic acids is 1. The summed E-state index contributed by atoms with van der Waals surface area (Å²) in [6.45, 7) is 1.14. The molecular weight excluding hydrogens is 268 g/mol. The maximum absolute atomic E-state index is 11.8. The third-order valence-electron chi connectivity index (χ3n) is 3.14. The summed E-state index contributed by atoms with van der Waals surface area (Å²) in [6, 6.07) is 5.82. The number of amides is 1. The summed E-state index contributed by atoms with van der Waals surface area (Å²) < 4.78 is 3.65. The molecule has 7 heteroatoms. The van der Waals surface area contributed by atoms with E-state index in [4.69, 9.17) is 0 Å². The number of aryl methyl sites for hydroxylation is 1. The number of pyridine rings is 1. The van der Waals surface area contributed by atoms with Crippen LogP contribution in [0.2, 0.25) is 0 Å². The third kappa shape index (κ3) is 3.44. The molecule has 3 aromatic heterocycles. The number of fused-ring (bicyclic) bond motifs is 1. The van der Waals surface area contributed by atoms with Crippen molar-refractivity contribution in [2.45, 2.75) is 25.9 Å². The second kappa shape index (κ2) is 6.17. The average molecular weight is 284 g/mol. The first-order chi connectivity index (χ1) is 10.3. The fourth-order valence-electron chi connectivity index (χ4n) is 2.10. The highest BCUT2D eigenvalue weighted by Gasteiger charge is 2.04. The van der Waals surface area contributed by atoms with E-state index in [1.54, 1.807) is 11.0 Å². The standard InChI is InChI=1S/C14H16N6O/c21-14(5-3-7-20-11-15-10-17-20)16-8-12-9-19-6-2-1-4-13(19)18-12/h1-2,4,6,9-11H,3,5,7-8H2,(H,16,21). The SMILES string of the molecule is O=C(CCCn1cncn1)NCc1cn2ccccc2n1. The van der Waals surface area contributed by atoms with Gasteiger partial charge >= 0.3 is 0 Å². The molecule has 0 aliphatic rings. The quantitative estimate of drug-likeness (QED) is 0.733. The molecule has 0 bridgehead atoms. The molecule has 21 heavy (non-hydrogen) atoms. The van der Waals surface area contributed by atoms with E-state index in [0.29, 0.717) is 19.5 Å². The maximum atomic E-state index is 11.8. The number of hydrogen-bond acceptors (Lipinski definition) is 4. The van der Waals surface area contributed by atoms with Gasteiger partial charge in [0.05, 0.1) is 12.2 Å². The van der Waals surface area contributed by atoms with Gasteiger partial charge in [0.1, 0.15) is 18.3 Å². The van der Waals surface area contributed by atoms with Crippen LogP contribution in [0.15, 0.2) is 43.2 Å². The van der Waals surface area contributed by atoms with E-state index in [2.05, 4.69) is 20.4 Å². The summed E-state index contributed by atoms with van der Waals surface area (Å²) >= 11 is 0. The smallest absolute Gasteiger partial charge is 0.220 e. The fourth-order valence-corrected chi connectivity index (χ4v) is 2.10. The van der Waals surface area contributed by atoms with Gasteiger partial charge in [-0.25, -0.2) is 9.97 Å². The van der Waals surface area contributed by atoms with Gasteiger partial charge in [0.15, 0.2) is 0 Å². The number of carbonyl (C=O) groups is 1. The molecule has 1 N–H and O–H groups in total. The molecule has 3 rings (SSSR count). The van der Waals surface area contributed by atoms with Crippen molar-refractivity contribution in [2.24, 2.45) is 0 Å². The zero-order valence-electron chi connectivity index (χ0n) is 11.5. The number of hydrogen-bond donors (Lipinski definition) is 1. The van der Waals surface area contributed by atoms with E-state index in [-0.39, 0.29) is 5.91 Å². The van der Waals surface area contributed by atoms with Gasteiger partial charge in [0.25, 0.3) is 0 Å². The molecule has 0 aromatic carbocycles. The minimum absolute atomic E-state index is 0.0205. The number of rotatable bonds is 6. The van der Waals surface area contributed by atoms with Crippen molar-refractivity contribution >= 4 is 11.6 Å². The van der Waals surface area contributed by atoms with Crippen molar-refractivity contribution in [2.75, 3.05) is 0 Å². The van der Waals surface area contributed by atoms with E-state index in [9.17, 15) is 4.79 Å². The summed E-state index contributed by atoms with van der Waals surface area (Å²) in [4.78, 5) is 20.1. The van der Waals surface area contributed by atoms with Gasteiger partial charge in [0, 0.05) is 25.4 Å². The lowest BCUT2D eigenvalue weighted by Gasteiger charge is -2.03. The molecule has 0 aliphatic heterocycles. The number of nitrogens with zero attached hydrogens (tertiary/aromatic N) is 5. The lowest BCUT2D eigenvalue weighted by atomic mass is 10.3. The molecule has 0 radical (unpaired) electrons. The molecular formula is C14H16N6O. The van der Waals surface area contributed by atoms with Crippen molar-refractivity contribution in [3.05, 3.63) is 48.9 Å². The number of aromatic nitrogens is 5. The van der Waals surface area contributed by atoms with Crippen LogP contribution in [0.4, 0.5) is 0 Å². The first kappa shape index (κ1) is 13.3. The summed E-state index contributed by atoms with van der Waals surface area (Å²) in [5.41, 5.74) is 1.73. The zero-order valence-corrected chi connectivity index (χ0v) is 11.5. The van der Waals surface area contributed by atoms with Gasteiger partial charge in [-0.1, -0.05) is 6.07 Å². The highest BCUT2D eigenvalue weighted by atomic mass is 16.1. The highest BCUT2D eigenvalue weighted by Crippen LogP contribution is 2.04. The van der Waals surface area contributed by atoms with Crippen LogP contribution in [0.3, 0.4) is 0 Å². The van der Waals surface area contributed by atoms with Gasteiger partial charge in [-0.2, -0.15) is 5.10 Å². The summed E-state index contributed by atoms with van der Waals surface area (Å²) in [5, 5.41) is 6.87. The Labute approximate surface area is 121 Å². The highest BCUT2D eigenvalue weighted by molar-refractivity contribution is 5.75. The summed E-state index contributed by atoms with van der Waals surface area (Å²) in [6.07, 6.45) is 8.20. The first-order valence-corrected chi connectivity index (χ1v) is 6.83. The molecule has 0 atom stereocenters.